The van der Waals surface area contributed by atoms with E-state index in [4.69, 9.17) is 9.84 Å². The van der Waals surface area contributed by atoms with Crippen LogP contribution in [0.3, 0.4) is 0 Å². The number of carbonyl (C=O) groups excluding carboxylic acids is 1. The Kier molecular flexibility index (Phi) is 5.20. The van der Waals surface area contributed by atoms with Crippen molar-refractivity contribution in [3.05, 3.63) is 27.3 Å². The molecule has 0 radical (unpaired) electrons. The third-order valence-corrected chi connectivity index (χ3v) is 2.71. The van der Waals surface area contributed by atoms with E-state index < -0.39 is 5.97 Å². The Balaban J connectivity index is 2.70. The van der Waals surface area contributed by atoms with Crippen LogP contribution in [0.2, 0.25) is 0 Å². The first kappa shape index (κ1) is 13.8. The van der Waals surface area contributed by atoms with Crippen molar-refractivity contribution in [1.82, 2.24) is 5.32 Å². The number of halogens is 1. The number of carboxylic acid groups (broad SMARTS) is 1. The first-order chi connectivity index (χ1) is 8.04. The molecule has 0 aliphatic carbocycles. The van der Waals surface area contributed by atoms with Crippen molar-refractivity contribution in [1.29, 1.82) is 0 Å². The maximum absolute atomic E-state index is 11.0. The largest absolute Gasteiger partial charge is 0.492 e. The molecule has 1 aromatic rings. The highest BCUT2D eigenvalue weighted by atomic mass is 127. The molecule has 2 N–H and O–H groups in total. The lowest BCUT2D eigenvalue weighted by Crippen LogP contribution is -2.20. The highest BCUT2D eigenvalue weighted by molar-refractivity contribution is 14.1. The third-order valence-electron chi connectivity index (χ3n) is 2.04. The van der Waals surface area contributed by atoms with Gasteiger partial charge in [-0.25, -0.2) is 4.79 Å². The minimum atomic E-state index is -1.04. The van der Waals surface area contributed by atoms with Gasteiger partial charge in [-0.2, -0.15) is 0 Å². The van der Waals surface area contributed by atoms with Gasteiger partial charge in [0, 0.05) is 10.6 Å². The summed E-state index contributed by atoms with van der Waals surface area (Å²) in [7, 11) is 1.54. The quantitative estimate of drug-likeness (QED) is 0.791. The number of benzene rings is 1. The summed E-state index contributed by atoms with van der Waals surface area (Å²) < 4.78 is 6.10. The minimum absolute atomic E-state index is 0.105. The number of nitrogens with one attached hydrogen (secondary N) is 1. The van der Waals surface area contributed by atoms with Gasteiger partial charge in [0.1, 0.15) is 11.3 Å². The monoisotopic (exact) mass is 349 g/mol. The van der Waals surface area contributed by atoms with Gasteiger partial charge in [0.25, 0.3) is 0 Å². The van der Waals surface area contributed by atoms with Crippen LogP contribution in [0.1, 0.15) is 16.8 Å². The molecule has 0 aliphatic rings. The molecule has 17 heavy (non-hydrogen) atoms. The van der Waals surface area contributed by atoms with Crippen LogP contribution in [0.4, 0.5) is 0 Å². The fourth-order valence-corrected chi connectivity index (χ4v) is 1.67. The molecule has 0 aliphatic heterocycles. The SMILES string of the molecule is CNC(=O)CCOc1ccc(I)cc1C(=O)O. The number of amides is 1. The molecule has 1 aromatic carbocycles. The fourth-order valence-electron chi connectivity index (χ4n) is 1.17. The molecule has 0 fully saturated rings. The second kappa shape index (κ2) is 6.43. The summed E-state index contributed by atoms with van der Waals surface area (Å²) in [6.07, 6.45) is 0.196. The van der Waals surface area contributed by atoms with Gasteiger partial charge in [0.05, 0.1) is 13.0 Å². The van der Waals surface area contributed by atoms with E-state index in [-0.39, 0.29) is 30.2 Å². The highest BCUT2D eigenvalue weighted by Crippen LogP contribution is 2.21. The summed E-state index contributed by atoms with van der Waals surface area (Å²) in [6.45, 7) is 0.153. The number of hydrogen-bond donors (Lipinski definition) is 2. The summed E-state index contributed by atoms with van der Waals surface area (Å²) >= 11 is 2.03. The van der Waals surface area contributed by atoms with Crippen LogP contribution in [0.15, 0.2) is 18.2 Å². The highest BCUT2D eigenvalue weighted by Gasteiger charge is 2.12. The fraction of sp³-hybridized carbons (Fsp3) is 0.273. The molecular formula is C11H12INO4. The third kappa shape index (κ3) is 4.22. The molecule has 0 bridgehead atoms. The number of carboxylic acids is 1. The number of hydrogen-bond acceptors (Lipinski definition) is 3. The Morgan fingerprint density at radius 3 is 2.76 bits per heavy atom. The number of rotatable bonds is 5. The van der Waals surface area contributed by atoms with Crippen molar-refractivity contribution in [3.8, 4) is 5.75 Å². The zero-order valence-electron chi connectivity index (χ0n) is 9.20. The molecular weight excluding hydrogens is 337 g/mol. The van der Waals surface area contributed by atoms with Crippen LogP contribution in [-0.2, 0) is 4.79 Å². The first-order valence-corrected chi connectivity index (χ1v) is 5.98. The van der Waals surface area contributed by atoms with Crippen LogP contribution >= 0.6 is 22.6 Å². The van der Waals surface area contributed by atoms with Crippen molar-refractivity contribution in [2.75, 3.05) is 13.7 Å². The van der Waals surface area contributed by atoms with Crippen molar-refractivity contribution in [3.63, 3.8) is 0 Å². The van der Waals surface area contributed by atoms with E-state index in [0.717, 1.165) is 3.57 Å². The van der Waals surface area contributed by atoms with E-state index in [0.29, 0.717) is 0 Å². The molecule has 6 heteroatoms. The second-order valence-corrected chi connectivity index (χ2v) is 4.46. The molecule has 1 rings (SSSR count). The lowest BCUT2D eigenvalue weighted by molar-refractivity contribution is -0.121. The van der Waals surface area contributed by atoms with Crippen LogP contribution in [0.25, 0.3) is 0 Å². The molecule has 0 heterocycles. The molecule has 0 saturated heterocycles. The Morgan fingerprint density at radius 1 is 1.47 bits per heavy atom. The number of carbonyl (C=O) groups is 2. The van der Waals surface area contributed by atoms with Gasteiger partial charge in [-0.3, -0.25) is 4.79 Å². The summed E-state index contributed by atoms with van der Waals surface area (Å²) in [4.78, 5) is 21.9. The molecule has 0 spiro atoms. The molecule has 0 aromatic heterocycles. The summed E-state index contributed by atoms with van der Waals surface area (Å²) in [5.41, 5.74) is 0.105. The van der Waals surface area contributed by atoms with E-state index >= 15 is 0 Å². The Hall–Kier alpha value is -1.31. The van der Waals surface area contributed by atoms with E-state index in [1.54, 1.807) is 12.1 Å². The summed E-state index contributed by atoms with van der Waals surface area (Å²) in [5.74, 6) is -0.910. The second-order valence-electron chi connectivity index (χ2n) is 3.22. The van der Waals surface area contributed by atoms with Gasteiger partial charge in [-0.15, -0.1) is 0 Å². The molecule has 5 nitrogen and oxygen atoms in total. The van der Waals surface area contributed by atoms with Gasteiger partial charge in [-0.1, -0.05) is 0 Å². The van der Waals surface area contributed by atoms with Gasteiger partial charge in [0.2, 0.25) is 5.91 Å². The average Bonchev–Trinajstić information content (AvgIpc) is 2.30. The van der Waals surface area contributed by atoms with Gasteiger partial charge in [0.15, 0.2) is 0 Å². The molecule has 0 unspecified atom stereocenters. The van der Waals surface area contributed by atoms with E-state index in [1.165, 1.54) is 13.1 Å². The Morgan fingerprint density at radius 2 is 2.18 bits per heavy atom. The zero-order valence-corrected chi connectivity index (χ0v) is 11.4. The molecule has 1 amide bonds. The van der Waals surface area contributed by atoms with Crippen molar-refractivity contribution in [2.45, 2.75) is 6.42 Å². The standard InChI is InChI=1S/C11H12INO4/c1-13-10(14)4-5-17-9-3-2-7(12)6-8(9)11(15)16/h2-3,6H,4-5H2,1H3,(H,13,14)(H,15,16). The predicted octanol–water partition coefficient (Wildman–Crippen LogP) is 1.50. The summed E-state index contributed by atoms with van der Waals surface area (Å²) in [5, 5.41) is 11.4. The van der Waals surface area contributed by atoms with Crippen LogP contribution in [-0.4, -0.2) is 30.6 Å². The lowest BCUT2D eigenvalue weighted by atomic mass is 10.2. The van der Waals surface area contributed by atoms with Gasteiger partial charge in [-0.05, 0) is 40.8 Å². The van der Waals surface area contributed by atoms with Crippen molar-refractivity contribution < 1.29 is 19.4 Å². The maximum Gasteiger partial charge on any atom is 0.339 e. The van der Waals surface area contributed by atoms with Crippen LogP contribution in [0, 0.1) is 3.57 Å². The smallest absolute Gasteiger partial charge is 0.339 e. The predicted molar refractivity (Wildman–Crippen MR) is 70.3 cm³/mol. The topological polar surface area (TPSA) is 75.6 Å². The van der Waals surface area contributed by atoms with E-state index in [9.17, 15) is 9.59 Å². The number of ether oxygens (including phenoxy) is 1. The lowest BCUT2D eigenvalue weighted by Gasteiger charge is -2.08. The Labute approximate surface area is 112 Å². The minimum Gasteiger partial charge on any atom is -0.492 e. The Bertz CT molecular complexity index is 433. The summed E-state index contributed by atoms with van der Waals surface area (Å²) in [6, 6.07) is 4.87. The van der Waals surface area contributed by atoms with Crippen LogP contribution in [0.5, 0.6) is 5.75 Å². The van der Waals surface area contributed by atoms with Gasteiger partial charge < -0.3 is 15.2 Å². The molecule has 0 saturated carbocycles. The molecule has 92 valence electrons. The maximum atomic E-state index is 11.0. The zero-order chi connectivity index (χ0) is 12.8. The van der Waals surface area contributed by atoms with E-state index in [2.05, 4.69) is 5.32 Å². The van der Waals surface area contributed by atoms with Crippen molar-refractivity contribution in [2.24, 2.45) is 0 Å². The molecule has 0 atom stereocenters. The number of aromatic carboxylic acids is 1. The normalized spacial score (nSPS) is 9.76. The van der Waals surface area contributed by atoms with E-state index in [1.807, 2.05) is 22.6 Å². The first-order valence-electron chi connectivity index (χ1n) is 4.91. The van der Waals surface area contributed by atoms with Gasteiger partial charge >= 0.3 is 5.97 Å². The van der Waals surface area contributed by atoms with Crippen molar-refractivity contribution >= 4 is 34.5 Å². The average molecular weight is 349 g/mol. The van der Waals surface area contributed by atoms with Crippen LogP contribution < -0.4 is 10.1 Å².